The number of Topliss-reactive ketones (excluding diaryl/α,β-unsaturated/α-hetero) is 1. The summed E-state index contributed by atoms with van der Waals surface area (Å²) in [5.74, 6) is -1.50. The molecule has 3 aromatic rings. The van der Waals surface area contributed by atoms with Crippen molar-refractivity contribution in [1.29, 1.82) is 0 Å². The molecule has 1 aromatic heterocycles. The summed E-state index contributed by atoms with van der Waals surface area (Å²) in [4.78, 5) is 29.2. The Morgan fingerprint density at radius 1 is 1.11 bits per heavy atom. The van der Waals surface area contributed by atoms with Gasteiger partial charge < -0.3 is 5.11 Å². The molecule has 0 amide bonds. The lowest BCUT2D eigenvalue weighted by atomic mass is 9.74. The zero-order valence-electron chi connectivity index (χ0n) is 15.4. The first-order chi connectivity index (χ1) is 13.4. The highest BCUT2D eigenvalue weighted by Crippen LogP contribution is 2.33. The van der Waals surface area contributed by atoms with E-state index in [0.29, 0.717) is 22.7 Å². The molecule has 0 saturated heterocycles. The van der Waals surface area contributed by atoms with Crippen LogP contribution in [0.25, 0.3) is 10.6 Å². The van der Waals surface area contributed by atoms with Crippen LogP contribution in [0.5, 0.6) is 0 Å². The second kappa shape index (κ2) is 8.44. The minimum atomic E-state index is -1.24. The largest absolute Gasteiger partial charge is 0.481 e. The third-order valence-electron chi connectivity index (χ3n) is 4.86. The molecule has 0 aliphatic heterocycles. The van der Waals surface area contributed by atoms with Crippen LogP contribution in [0.4, 0.5) is 4.39 Å². The molecule has 3 rings (SSSR count). The van der Waals surface area contributed by atoms with Crippen LogP contribution in [-0.2, 0) is 21.4 Å². The Bertz CT molecular complexity index is 969. The van der Waals surface area contributed by atoms with Crippen molar-refractivity contribution in [2.75, 3.05) is 0 Å². The van der Waals surface area contributed by atoms with Crippen molar-refractivity contribution in [3.05, 3.63) is 77.1 Å². The van der Waals surface area contributed by atoms with Gasteiger partial charge in [0.05, 0.1) is 11.1 Å². The van der Waals surface area contributed by atoms with E-state index in [-0.39, 0.29) is 24.4 Å². The van der Waals surface area contributed by atoms with Gasteiger partial charge in [-0.1, -0.05) is 37.3 Å². The van der Waals surface area contributed by atoms with Crippen molar-refractivity contribution >= 4 is 23.1 Å². The minimum Gasteiger partial charge on any atom is -0.481 e. The number of carbonyl (C=O) groups is 2. The van der Waals surface area contributed by atoms with Crippen LogP contribution in [0, 0.1) is 5.82 Å². The van der Waals surface area contributed by atoms with Crippen LogP contribution in [0.15, 0.2) is 60.0 Å². The van der Waals surface area contributed by atoms with Gasteiger partial charge in [-0.25, -0.2) is 9.37 Å². The topological polar surface area (TPSA) is 67.3 Å². The van der Waals surface area contributed by atoms with E-state index in [1.54, 1.807) is 48.7 Å². The summed E-state index contributed by atoms with van der Waals surface area (Å²) in [5, 5.41) is 12.4. The molecule has 0 aliphatic carbocycles. The number of carboxylic acid groups (broad SMARTS) is 1. The van der Waals surface area contributed by atoms with Gasteiger partial charge in [0.1, 0.15) is 16.6 Å². The molecule has 0 radical (unpaired) electrons. The van der Waals surface area contributed by atoms with Crippen LogP contribution in [-0.4, -0.2) is 21.8 Å². The molecule has 1 heterocycles. The van der Waals surface area contributed by atoms with Gasteiger partial charge >= 0.3 is 5.97 Å². The normalized spacial score (nSPS) is 13.1. The fraction of sp³-hybridized carbons (Fsp3) is 0.227. The molecular weight excluding hydrogens is 377 g/mol. The van der Waals surface area contributed by atoms with Gasteiger partial charge in [-0.05, 0) is 36.2 Å². The van der Waals surface area contributed by atoms with Gasteiger partial charge in [-0.3, -0.25) is 9.59 Å². The highest BCUT2D eigenvalue weighted by atomic mass is 32.1. The molecule has 4 nitrogen and oxygen atoms in total. The standard InChI is InChI=1S/C22H20FNO3S/c1-2-22(21(26)27,16-6-4-3-5-7-16)13-19(25)12-18-14-28-20(24-18)15-8-10-17(23)11-9-15/h3-11,14H,2,12-13H2,1H3,(H,26,27). The number of thiazole rings is 1. The lowest BCUT2D eigenvalue weighted by Crippen LogP contribution is -2.38. The van der Waals surface area contributed by atoms with Gasteiger partial charge in [0.15, 0.2) is 0 Å². The highest BCUT2D eigenvalue weighted by molar-refractivity contribution is 7.13. The number of carboxylic acids is 1. The molecule has 144 valence electrons. The van der Waals surface area contributed by atoms with Gasteiger partial charge in [0.2, 0.25) is 0 Å². The second-order valence-corrected chi connectivity index (χ2v) is 7.51. The zero-order chi connectivity index (χ0) is 20.1. The first-order valence-corrected chi connectivity index (χ1v) is 9.83. The maximum absolute atomic E-state index is 13.1. The molecule has 1 atom stereocenters. The summed E-state index contributed by atoms with van der Waals surface area (Å²) in [7, 11) is 0. The van der Waals surface area contributed by atoms with Crippen molar-refractivity contribution in [2.24, 2.45) is 0 Å². The van der Waals surface area contributed by atoms with Crippen molar-refractivity contribution < 1.29 is 19.1 Å². The molecule has 1 unspecified atom stereocenters. The molecule has 0 saturated carbocycles. The van der Waals surface area contributed by atoms with Crippen LogP contribution in [0.3, 0.4) is 0 Å². The third-order valence-corrected chi connectivity index (χ3v) is 5.80. The maximum Gasteiger partial charge on any atom is 0.314 e. The molecule has 0 bridgehead atoms. The van der Waals surface area contributed by atoms with Gasteiger partial charge in [-0.15, -0.1) is 11.3 Å². The quantitative estimate of drug-likeness (QED) is 0.588. The van der Waals surface area contributed by atoms with Crippen LogP contribution >= 0.6 is 11.3 Å². The van der Waals surface area contributed by atoms with Crippen LogP contribution in [0.1, 0.15) is 31.0 Å². The average Bonchev–Trinajstić information content (AvgIpc) is 3.15. The third kappa shape index (κ3) is 4.17. The summed E-state index contributed by atoms with van der Waals surface area (Å²) in [6.07, 6.45) is 0.293. The van der Waals surface area contributed by atoms with E-state index in [9.17, 15) is 19.1 Å². The summed E-state index contributed by atoms with van der Waals surface area (Å²) in [6, 6.07) is 14.9. The number of aromatic nitrogens is 1. The summed E-state index contributed by atoms with van der Waals surface area (Å²) >= 11 is 1.37. The Balaban J connectivity index is 1.77. The van der Waals surface area contributed by atoms with Gasteiger partial charge in [-0.2, -0.15) is 0 Å². The number of aliphatic carboxylic acids is 1. The SMILES string of the molecule is CCC(CC(=O)Cc1csc(-c2ccc(F)cc2)n1)(C(=O)O)c1ccccc1. The molecule has 6 heteroatoms. The Labute approximate surface area is 166 Å². The minimum absolute atomic E-state index is 0.0690. The molecular formula is C22H20FNO3S. The molecule has 28 heavy (non-hydrogen) atoms. The number of carbonyl (C=O) groups excluding carboxylic acids is 1. The van der Waals surface area contributed by atoms with E-state index in [4.69, 9.17) is 0 Å². The van der Waals surface area contributed by atoms with E-state index in [1.165, 1.54) is 23.5 Å². The number of hydrogen-bond acceptors (Lipinski definition) is 4. The van der Waals surface area contributed by atoms with E-state index in [2.05, 4.69) is 4.98 Å². The number of halogens is 1. The number of benzene rings is 2. The fourth-order valence-corrected chi connectivity index (χ4v) is 4.08. The first kappa shape index (κ1) is 19.9. The van der Waals surface area contributed by atoms with Gasteiger partial charge in [0.25, 0.3) is 0 Å². The smallest absolute Gasteiger partial charge is 0.314 e. The molecule has 0 aliphatic rings. The van der Waals surface area contributed by atoms with E-state index < -0.39 is 11.4 Å². The Kier molecular flexibility index (Phi) is 5.99. The maximum atomic E-state index is 13.1. The Morgan fingerprint density at radius 2 is 1.79 bits per heavy atom. The summed E-state index contributed by atoms with van der Waals surface area (Å²) in [5.41, 5.74) is 0.762. The first-order valence-electron chi connectivity index (χ1n) is 8.95. The Hall–Kier alpha value is -2.86. The summed E-state index contributed by atoms with van der Waals surface area (Å²) in [6.45, 7) is 1.78. The predicted octanol–water partition coefficient (Wildman–Crippen LogP) is 4.88. The monoisotopic (exact) mass is 397 g/mol. The zero-order valence-corrected chi connectivity index (χ0v) is 16.2. The lowest BCUT2D eigenvalue weighted by molar-refractivity contribution is -0.146. The molecule has 0 fully saturated rings. The average molecular weight is 397 g/mol. The molecule has 1 N–H and O–H groups in total. The Morgan fingerprint density at radius 3 is 2.39 bits per heavy atom. The number of rotatable bonds is 8. The van der Waals surface area contributed by atoms with Crippen molar-refractivity contribution in [2.45, 2.75) is 31.6 Å². The van der Waals surface area contributed by atoms with Crippen molar-refractivity contribution in [1.82, 2.24) is 4.98 Å². The molecule has 2 aromatic carbocycles. The second-order valence-electron chi connectivity index (χ2n) is 6.65. The highest BCUT2D eigenvalue weighted by Gasteiger charge is 2.40. The van der Waals surface area contributed by atoms with Gasteiger partial charge in [0, 0.05) is 23.8 Å². The van der Waals surface area contributed by atoms with Crippen molar-refractivity contribution in [3.8, 4) is 10.6 Å². The summed E-state index contributed by atoms with van der Waals surface area (Å²) < 4.78 is 13.1. The van der Waals surface area contributed by atoms with Crippen LogP contribution in [0.2, 0.25) is 0 Å². The fourth-order valence-electron chi connectivity index (χ4n) is 3.25. The lowest BCUT2D eigenvalue weighted by Gasteiger charge is -2.28. The van der Waals surface area contributed by atoms with Crippen molar-refractivity contribution in [3.63, 3.8) is 0 Å². The van der Waals surface area contributed by atoms with E-state index in [1.807, 2.05) is 6.07 Å². The number of hydrogen-bond donors (Lipinski definition) is 1. The number of ketones is 1. The molecule has 0 spiro atoms. The van der Waals surface area contributed by atoms with E-state index >= 15 is 0 Å². The van der Waals surface area contributed by atoms with E-state index in [0.717, 1.165) is 5.56 Å². The predicted molar refractivity (Wildman–Crippen MR) is 107 cm³/mol. The number of nitrogens with zero attached hydrogens (tertiary/aromatic N) is 1. The van der Waals surface area contributed by atoms with Crippen LogP contribution < -0.4 is 0 Å².